The van der Waals surface area contributed by atoms with Gasteiger partial charge < -0.3 is 14.2 Å². The monoisotopic (exact) mass is 343 g/mol. The molecule has 2 aromatic rings. The Morgan fingerprint density at radius 2 is 2.00 bits per heavy atom. The van der Waals surface area contributed by atoms with Crippen LogP contribution in [0.2, 0.25) is 0 Å². The number of rotatable bonds is 6. The summed E-state index contributed by atoms with van der Waals surface area (Å²) in [4.78, 5) is 21.7. The van der Waals surface area contributed by atoms with E-state index >= 15 is 0 Å². The largest absolute Gasteiger partial charge is 0.484 e. The van der Waals surface area contributed by atoms with Crippen molar-refractivity contribution in [3.8, 4) is 17.2 Å². The molecule has 3 rings (SSSR count). The number of hydrogen-bond donors (Lipinski definition) is 1. The maximum Gasteiger partial charge on any atom is 0.277 e. The average Bonchev–Trinajstić information content (AvgIpc) is 3.08. The van der Waals surface area contributed by atoms with Crippen LogP contribution < -0.4 is 19.6 Å². The van der Waals surface area contributed by atoms with Crippen LogP contribution in [-0.2, 0) is 4.79 Å². The van der Waals surface area contributed by atoms with Crippen LogP contribution in [0, 0.1) is 10.1 Å². The number of nitrogens with zero attached hydrogens (tertiary/aromatic N) is 2. The molecule has 0 saturated carbocycles. The number of nitro benzene ring substituents is 1. The summed E-state index contributed by atoms with van der Waals surface area (Å²) in [6.07, 6.45) is 1.46. The van der Waals surface area contributed by atoms with Crippen LogP contribution in [-0.4, -0.2) is 30.4 Å². The summed E-state index contributed by atoms with van der Waals surface area (Å²) in [5.74, 6) is 1.17. The van der Waals surface area contributed by atoms with Crippen LogP contribution in [0.25, 0.3) is 0 Å². The second kappa shape index (κ2) is 7.30. The van der Waals surface area contributed by atoms with Gasteiger partial charge in [-0.3, -0.25) is 14.9 Å². The zero-order valence-corrected chi connectivity index (χ0v) is 12.9. The van der Waals surface area contributed by atoms with Gasteiger partial charge in [-0.05, 0) is 35.9 Å². The Hall–Kier alpha value is -3.62. The zero-order chi connectivity index (χ0) is 17.6. The molecule has 9 nitrogen and oxygen atoms in total. The first-order valence-corrected chi connectivity index (χ1v) is 7.20. The predicted octanol–water partition coefficient (Wildman–Crippen LogP) is 1.85. The van der Waals surface area contributed by atoms with Gasteiger partial charge in [0.25, 0.3) is 11.6 Å². The Labute approximate surface area is 142 Å². The van der Waals surface area contributed by atoms with E-state index in [0.717, 1.165) is 5.56 Å². The van der Waals surface area contributed by atoms with Crippen molar-refractivity contribution in [1.82, 2.24) is 5.43 Å². The number of hydrazone groups is 1. The number of hydrogen-bond acceptors (Lipinski definition) is 7. The fourth-order valence-electron chi connectivity index (χ4n) is 2.02. The van der Waals surface area contributed by atoms with Gasteiger partial charge in [0.05, 0.1) is 11.1 Å². The number of carbonyl (C=O) groups excluding carboxylic acids is 1. The van der Waals surface area contributed by atoms with Crippen LogP contribution in [0.4, 0.5) is 5.69 Å². The summed E-state index contributed by atoms with van der Waals surface area (Å²) in [5.41, 5.74) is 3.01. The predicted molar refractivity (Wildman–Crippen MR) is 86.9 cm³/mol. The SMILES string of the molecule is O=C(COc1ccc([N+](=O)[O-])cc1)N/N=C\c1ccc2c(c1)OCO2. The van der Waals surface area contributed by atoms with E-state index < -0.39 is 10.8 Å². The van der Waals surface area contributed by atoms with E-state index in [1.165, 1.54) is 30.5 Å². The quantitative estimate of drug-likeness (QED) is 0.487. The summed E-state index contributed by atoms with van der Waals surface area (Å²) >= 11 is 0. The van der Waals surface area contributed by atoms with Gasteiger partial charge in [0.15, 0.2) is 18.1 Å². The standard InChI is InChI=1S/C16H13N3O6/c20-16(9-23-13-4-2-12(3-5-13)19(21)22)18-17-8-11-1-6-14-15(7-11)25-10-24-14/h1-8H,9-10H2,(H,18,20)/b17-8-. The van der Waals surface area contributed by atoms with Crippen molar-refractivity contribution in [2.75, 3.05) is 13.4 Å². The van der Waals surface area contributed by atoms with E-state index in [0.29, 0.717) is 17.2 Å². The normalized spacial score (nSPS) is 12.2. The van der Waals surface area contributed by atoms with Gasteiger partial charge in [-0.15, -0.1) is 0 Å². The highest BCUT2D eigenvalue weighted by Gasteiger charge is 2.12. The minimum absolute atomic E-state index is 0.0508. The van der Waals surface area contributed by atoms with Crippen LogP contribution in [0.15, 0.2) is 47.6 Å². The van der Waals surface area contributed by atoms with E-state index in [9.17, 15) is 14.9 Å². The van der Waals surface area contributed by atoms with Crippen molar-refractivity contribution in [3.63, 3.8) is 0 Å². The second-order valence-corrected chi connectivity index (χ2v) is 4.95. The molecule has 0 atom stereocenters. The Balaban J connectivity index is 1.47. The summed E-state index contributed by atoms with van der Waals surface area (Å²) in [6.45, 7) is -0.0804. The molecule has 0 saturated heterocycles. The number of fused-ring (bicyclic) bond motifs is 1. The summed E-state index contributed by atoms with van der Waals surface area (Å²) in [7, 11) is 0. The average molecular weight is 343 g/mol. The molecule has 0 aromatic heterocycles. The van der Waals surface area contributed by atoms with Crippen LogP contribution in [0.5, 0.6) is 17.2 Å². The van der Waals surface area contributed by atoms with Gasteiger partial charge in [-0.2, -0.15) is 5.10 Å². The van der Waals surface area contributed by atoms with E-state index in [2.05, 4.69) is 10.5 Å². The molecule has 25 heavy (non-hydrogen) atoms. The van der Waals surface area contributed by atoms with Crippen molar-refractivity contribution in [3.05, 3.63) is 58.1 Å². The molecular weight excluding hydrogens is 330 g/mol. The third-order valence-electron chi connectivity index (χ3n) is 3.22. The van der Waals surface area contributed by atoms with Crippen molar-refractivity contribution in [1.29, 1.82) is 0 Å². The third-order valence-corrected chi connectivity index (χ3v) is 3.22. The number of benzene rings is 2. The Kier molecular flexibility index (Phi) is 4.74. The lowest BCUT2D eigenvalue weighted by atomic mass is 10.2. The first-order valence-electron chi connectivity index (χ1n) is 7.20. The molecular formula is C16H13N3O6. The summed E-state index contributed by atoms with van der Waals surface area (Å²) in [6, 6.07) is 10.7. The zero-order valence-electron chi connectivity index (χ0n) is 12.9. The van der Waals surface area contributed by atoms with Gasteiger partial charge >= 0.3 is 0 Å². The lowest BCUT2D eigenvalue weighted by molar-refractivity contribution is -0.384. The number of nitrogens with one attached hydrogen (secondary N) is 1. The third kappa shape index (κ3) is 4.22. The molecule has 9 heteroatoms. The number of nitro groups is 1. The van der Waals surface area contributed by atoms with Crippen molar-refractivity contribution >= 4 is 17.8 Å². The summed E-state index contributed by atoms with van der Waals surface area (Å²) in [5, 5.41) is 14.4. The van der Waals surface area contributed by atoms with E-state index in [1.54, 1.807) is 18.2 Å². The van der Waals surface area contributed by atoms with Crippen molar-refractivity contribution in [2.45, 2.75) is 0 Å². The summed E-state index contributed by atoms with van der Waals surface area (Å²) < 4.78 is 15.7. The maximum atomic E-state index is 11.7. The molecule has 1 heterocycles. The van der Waals surface area contributed by atoms with E-state index in [4.69, 9.17) is 14.2 Å². The topological polar surface area (TPSA) is 112 Å². The lowest BCUT2D eigenvalue weighted by Gasteiger charge is -2.04. The van der Waals surface area contributed by atoms with Gasteiger partial charge in [-0.1, -0.05) is 0 Å². The minimum atomic E-state index is -0.513. The molecule has 1 aliphatic rings. The fourth-order valence-corrected chi connectivity index (χ4v) is 2.02. The first kappa shape index (κ1) is 16.2. The Morgan fingerprint density at radius 1 is 1.24 bits per heavy atom. The highest BCUT2D eigenvalue weighted by atomic mass is 16.7. The molecule has 128 valence electrons. The van der Waals surface area contributed by atoms with Gasteiger partial charge in [-0.25, -0.2) is 5.43 Å². The Bertz CT molecular complexity index is 819. The molecule has 0 spiro atoms. The molecule has 0 fully saturated rings. The molecule has 1 amide bonds. The van der Waals surface area contributed by atoms with Crippen LogP contribution in [0.1, 0.15) is 5.56 Å². The molecule has 1 N–H and O–H groups in total. The molecule has 1 aliphatic heterocycles. The van der Waals surface area contributed by atoms with Crippen LogP contribution in [0.3, 0.4) is 0 Å². The van der Waals surface area contributed by atoms with E-state index in [1.807, 2.05) is 0 Å². The number of carbonyl (C=O) groups is 1. The molecule has 0 bridgehead atoms. The van der Waals surface area contributed by atoms with Crippen molar-refractivity contribution in [2.24, 2.45) is 5.10 Å². The number of ether oxygens (including phenoxy) is 3. The van der Waals surface area contributed by atoms with Gasteiger partial charge in [0, 0.05) is 12.1 Å². The molecule has 0 unspecified atom stereocenters. The fraction of sp³-hybridized carbons (Fsp3) is 0.125. The van der Waals surface area contributed by atoms with Crippen molar-refractivity contribution < 1.29 is 23.9 Å². The smallest absolute Gasteiger partial charge is 0.277 e. The Morgan fingerprint density at radius 3 is 2.76 bits per heavy atom. The number of amides is 1. The second-order valence-electron chi connectivity index (χ2n) is 4.95. The maximum absolute atomic E-state index is 11.7. The van der Waals surface area contributed by atoms with E-state index in [-0.39, 0.29) is 19.1 Å². The van der Waals surface area contributed by atoms with Gasteiger partial charge in [0.1, 0.15) is 5.75 Å². The molecule has 2 aromatic carbocycles. The molecule has 0 radical (unpaired) electrons. The van der Waals surface area contributed by atoms with Crippen LogP contribution >= 0.6 is 0 Å². The number of non-ortho nitro benzene ring substituents is 1. The molecule has 0 aliphatic carbocycles. The highest BCUT2D eigenvalue weighted by molar-refractivity contribution is 5.83. The lowest BCUT2D eigenvalue weighted by Crippen LogP contribution is -2.24. The highest BCUT2D eigenvalue weighted by Crippen LogP contribution is 2.31. The minimum Gasteiger partial charge on any atom is -0.484 e. The van der Waals surface area contributed by atoms with Gasteiger partial charge in [0.2, 0.25) is 6.79 Å². The first-order chi connectivity index (χ1) is 12.1.